The number of fused-ring (bicyclic) bond motifs is 12. The van der Waals surface area contributed by atoms with E-state index in [9.17, 15) is 0 Å². The van der Waals surface area contributed by atoms with Gasteiger partial charge in [0.25, 0.3) is 0 Å². The number of nitrogens with zero attached hydrogens (tertiary/aromatic N) is 3. The number of furan rings is 1. The van der Waals surface area contributed by atoms with Gasteiger partial charge in [-0.2, -0.15) is 0 Å². The van der Waals surface area contributed by atoms with Crippen LogP contribution in [0.15, 0.2) is 156 Å². The molecule has 1 aliphatic heterocycles. The lowest BCUT2D eigenvalue weighted by Crippen LogP contribution is -2.18. The van der Waals surface area contributed by atoms with Gasteiger partial charge in [-0.3, -0.25) is 0 Å². The highest BCUT2D eigenvalue weighted by Gasteiger charge is 2.29. The van der Waals surface area contributed by atoms with E-state index in [4.69, 9.17) is 4.42 Å². The van der Waals surface area contributed by atoms with Gasteiger partial charge in [-0.1, -0.05) is 78.9 Å². The summed E-state index contributed by atoms with van der Waals surface area (Å²) in [6, 6.07) is 54.5. The van der Waals surface area contributed by atoms with E-state index in [0.717, 1.165) is 61.3 Å². The average Bonchev–Trinajstić information content (AvgIpc) is 3.77. The average molecular weight is 588 g/mol. The second kappa shape index (κ2) is 8.68. The van der Waals surface area contributed by atoms with Gasteiger partial charge in [0.1, 0.15) is 11.2 Å². The van der Waals surface area contributed by atoms with Gasteiger partial charge in [-0.15, -0.1) is 0 Å². The van der Waals surface area contributed by atoms with Gasteiger partial charge in [0, 0.05) is 38.3 Å². The van der Waals surface area contributed by atoms with E-state index in [1.54, 1.807) is 0 Å². The highest BCUT2D eigenvalue weighted by molar-refractivity contribution is 6.26. The molecule has 0 N–H and O–H groups in total. The maximum atomic E-state index is 6.57. The molecule has 4 heteroatoms. The van der Waals surface area contributed by atoms with Crippen LogP contribution in [-0.4, -0.2) is 9.13 Å². The van der Waals surface area contributed by atoms with Gasteiger partial charge >= 0.3 is 0 Å². The van der Waals surface area contributed by atoms with Crippen LogP contribution in [0.4, 0.5) is 17.1 Å². The minimum absolute atomic E-state index is 0.919. The molecule has 4 nitrogen and oxygen atoms in total. The Morgan fingerprint density at radius 2 is 0.978 bits per heavy atom. The summed E-state index contributed by atoms with van der Waals surface area (Å²) in [6.07, 6.45) is 0. The summed E-state index contributed by atoms with van der Waals surface area (Å²) in [5.41, 5.74) is 12.4. The van der Waals surface area contributed by atoms with Gasteiger partial charge in [-0.25, -0.2) is 0 Å². The highest BCUT2D eigenvalue weighted by atomic mass is 16.3. The standard InChI is InChI=1S/C42H25N3O/c1-4-14-33-28(10-1)29-11-2-5-15-34(29)43(33)26-20-22-27(23-21-26)44-35-16-6-7-17-36(35)45-37-25-24-31-30-12-3-8-19-39(30)46-42(31)40(37)32-13-9-18-38(44)41(32)45/h1-25H. The van der Waals surface area contributed by atoms with E-state index in [1.807, 2.05) is 6.07 Å². The van der Waals surface area contributed by atoms with Crippen LogP contribution in [0.25, 0.3) is 76.9 Å². The van der Waals surface area contributed by atoms with Crippen LogP contribution in [-0.2, 0) is 0 Å². The van der Waals surface area contributed by atoms with E-state index in [0.29, 0.717) is 0 Å². The third-order valence-electron chi connectivity index (χ3n) is 9.82. The van der Waals surface area contributed by atoms with Crippen LogP contribution in [0.3, 0.4) is 0 Å². The molecule has 11 rings (SSSR count). The topological polar surface area (TPSA) is 26.2 Å². The number of para-hydroxylation sites is 6. The summed E-state index contributed by atoms with van der Waals surface area (Å²) in [6.45, 7) is 0. The predicted octanol–water partition coefficient (Wildman–Crippen LogP) is 11.6. The molecule has 7 aromatic carbocycles. The first kappa shape index (κ1) is 24.1. The zero-order valence-electron chi connectivity index (χ0n) is 24.7. The summed E-state index contributed by atoms with van der Waals surface area (Å²) >= 11 is 0. The zero-order valence-corrected chi connectivity index (χ0v) is 24.7. The lowest BCUT2D eigenvalue weighted by Gasteiger charge is -2.33. The molecule has 4 heterocycles. The molecule has 0 bridgehead atoms. The third-order valence-corrected chi connectivity index (χ3v) is 9.82. The van der Waals surface area contributed by atoms with Gasteiger partial charge in [0.15, 0.2) is 0 Å². The summed E-state index contributed by atoms with van der Waals surface area (Å²) < 4.78 is 11.4. The van der Waals surface area contributed by atoms with Gasteiger partial charge in [0.2, 0.25) is 0 Å². The van der Waals surface area contributed by atoms with Gasteiger partial charge in [0.05, 0.1) is 44.5 Å². The largest absolute Gasteiger partial charge is 0.455 e. The van der Waals surface area contributed by atoms with Gasteiger partial charge < -0.3 is 18.5 Å². The lowest BCUT2D eigenvalue weighted by atomic mass is 10.1. The Morgan fingerprint density at radius 1 is 0.370 bits per heavy atom. The Balaban J connectivity index is 1.16. The van der Waals surface area contributed by atoms with Crippen LogP contribution in [0.5, 0.6) is 0 Å². The van der Waals surface area contributed by atoms with Crippen molar-refractivity contribution in [3.63, 3.8) is 0 Å². The normalized spacial score (nSPS) is 12.7. The van der Waals surface area contributed by atoms with Crippen molar-refractivity contribution >= 4 is 82.6 Å². The van der Waals surface area contributed by atoms with E-state index in [1.165, 1.54) is 32.7 Å². The quantitative estimate of drug-likeness (QED) is 0.201. The Hall–Kier alpha value is -6.26. The molecule has 0 atom stereocenters. The summed E-state index contributed by atoms with van der Waals surface area (Å²) in [5, 5.41) is 7.19. The van der Waals surface area contributed by atoms with Gasteiger partial charge in [-0.05, 0) is 72.8 Å². The molecule has 0 fully saturated rings. The fraction of sp³-hybridized carbons (Fsp3) is 0. The molecule has 214 valence electrons. The first-order valence-electron chi connectivity index (χ1n) is 15.7. The summed E-state index contributed by atoms with van der Waals surface area (Å²) in [5.74, 6) is 0. The molecule has 0 saturated carbocycles. The first-order chi connectivity index (χ1) is 22.8. The zero-order chi connectivity index (χ0) is 29.9. The maximum absolute atomic E-state index is 6.57. The summed E-state index contributed by atoms with van der Waals surface area (Å²) in [4.78, 5) is 2.40. The van der Waals surface area contributed by atoms with Crippen LogP contribution < -0.4 is 4.90 Å². The number of hydrogen-bond donors (Lipinski definition) is 0. The fourth-order valence-corrected chi connectivity index (χ4v) is 7.95. The first-order valence-corrected chi connectivity index (χ1v) is 15.7. The van der Waals surface area contributed by atoms with Crippen LogP contribution >= 0.6 is 0 Å². The van der Waals surface area contributed by atoms with Crippen molar-refractivity contribution in [3.8, 4) is 11.4 Å². The van der Waals surface area contributed by atoms with Crippen molar-refractivity contribution in [1.82, 2.24) is 9.13 Å². The molecule has 1 aliphatic rings. The molecule has 0 amide bonds. The highest BCUT2D eigenvalue weighted by Crippen LogP contribution is 2.51. The smallest absolute Gasteiger partial charge is 0.145 e. The van der Waals surface area contributed by atoms with Crippen molar-refractivity contribution in [2.24, 2.45) is 0 Å². The second-order valence-corrected chi connectivity index (χ2v) is 12.2. The van der Waals surface area contributed by atoms with Crippen LogP contribution in [0.1, 0.15) is 0 Å². The molecule has 10 aromatic rings. The minimum Gasteiger partial charge on any atom is -0.455 e. The molecule has 3 aromatic heterocycles. The number of benzene rings is 7. The minimum atomic E-state index is 0.919. The second-order valence-electron chi connectivity index (χ2n) is 12.2. The lowest BCUT2D eigenvalue weighted by molar-refractivity contribution is 0.673. The number of anilines is 3. The van der Waals surface area contributed by atoms with E-state index in [-0.39, 0.29) is 0 Å². The van der Waals surface area contributed by atoms with E-state index in [2.05, 4.69) is 160 Å². The Labute approximate surface area is 263 Å². The molecule has 0 unspecified atom stereocenters. The Bertz CT molecular complexity index is 2810. The Morgan fingerprint density at radius 3 is 1.76 bits per heavy atom. The molecular weight excluding hydrogens is 562 g/mol. The van der Waals surface area contributed by atoms with Crippen molar-refractivity contribution in [2.75, 3.05) is 4.90 Å². The molecule has 46 heavy (non-hydrogen) atoms. The van der Waals surface area contributed by atoms with Crippen LogP contribution in [0, 0.1) is 0 Å². The van der Waals surface area contributed by atoms with Crippen molar-refractivity contribution < 1.29 is 4.42 Å². The molecular formula is C42H25N3O. The predicted molar refractivity (Wildman–Crippen MR) is 191 cm³/mol. The van der Waals surface area contributed by atoms with Crippen molar-refractivity contribution in [3.05, 3.63) is 152 Å². The maximum Gasteiger partial charge on any atom is 0.145 e. The number of rotatable bonds is 2. The molecule has 0 saturated heterocycles. The van der Waals surface area contributed by atoms with Crippen molar-refractivity contribution in [2.45, 2.75) is 0 Å². The molecule has 0 radical (unpaired) electrons. The number of hydrogen-bond acceptors (Lipinski definition) is 2. The monoisotopic (exact) mass is 587 g/mol. The fourth-order valence-electron chi connectivity index (χ4n) is 7.95. The van der Waals surface area contributed by atoms with Crippen molar-refractivity contribution in [1.29, 1.82) is 0 Å². The third kappa shape index (κ3) is 2.98. The SMILES string of the molecule is c1ccc2c(c1)N(c1ccc(-n3c4ccccc4c4ccccc43)cc1)c1cccc3c4c5oc6ccccc6c5ccc4n-2c13. The number of aromatic nitrogens is 2. The van der Waals surface area contributed by atoms with E-state index >= 15 is 0 Å². The van der Waals surface area contributed by atoms with E-state index < -0.39 is 0 Å². The molecule has 0 aliphatic carbocycles. The van der Waals surface area contributed by atoms with Crippen LogP contribution in [0.2, 0.25) is 0 Å². The summed E-state index contributed by atoms with van der Waals surface area (Å²) in [7, 11) is 0. The molecule has 0 spiro atoms. The Kier molecular flexibility index (Phi) is 4.55.